The van der Waals surface area contributed by atoms with Gasteiger partial charge in [-0.25, -0.2) is 0 Å². The molecule has 0 saturated heterocycles. The molecule has 1 N–H and O–H groups in total. The minimum absolute atomic E-state index is 0.0692. The molecule has 1 atom stereocenters. The van der Waals surface area contributed by atoms with Crippen LogP contribution in [0.2, 0.25) is 0 Å². The van der Waals surface area contributed by atoms with E-state index in [0.717, 1.165) is 5.56 Å². The van der Waals surface area contributed by atoms with Gasteiger partial charge in [0.25, 0.3) is 5.91 Å². The minimum atomic E-state index is -0.928. The Labute approximate surface area is 112 Å². The summed E-state index contributed by atoms with van der Waals surface area (Å²) in [5.74, 6) is -1.82. The maximum atomic E-state index is 12.0. The van der Waals surface area contributed by atoms with E-state index in [9.17, 15) is 9.59 Å². The highest BCUT2D eigenvalue weighted by Gasteiger charge is 2.21. The van der Waals surface area contributed by atoms with E-state index < -0.39 is 11.9 Å². The quantitative estimate of drug-likeness (QED) is 0.850. The fourth-order valence-electron chi connectivity index (χ4n) is 1.63. The highest BCUT2D eigenvalue weighted by molar-refractivity contribution is 5.94. The van der Waals surface area contributed by atoms with E-state index in [1.165, 1.54) is 12.0 Å². The van der Waals surface area contributed by atoms with E-state index in [1.807, 2.05) is 19.1 Å². The van der Waals surface area contributed by atoms with Gasteiger partial charge >= 0.3 is 5.97 Å². The minimum Gasteiger partial charge on any atom is -0.481 e. The van der Waals surface area contributed by atoms with Crippen molar-refractivity contribution in [3.05, 3.63) is 29.8 Å². The molecule has 5 nitrogen and oxygen atoms in total. The van der Waals surface area contributed by atoms with E-state index in [4.69, 9.17) is 9.84 Å². The van der Waals surface area contributed by atoms with Crippen LogP contribution in [0.4, 0.5) is 5.69 Å². The number of amides is 1. The maximum Gasteiger partial charge on any atom is 0.308 e. The third-order valence-corrected chi connectivity index (χ3v) is 2.79. The summed E-state index contributed by atoms with van der Waals surface area (Å²) in [5.41, 5.74) is 1.76. The van der Waals surface area contributed by atoms with Crippen LogP contribution in [0.15, 0.2) is 24.3 Å². The first kappa shape index (κ1) is 15.2. The van der Waals surface area contributed by atoms with Crippen molar-refractivity contribution < 1.29 is 19.4 Å². The van der Waals surface area contributed by atoms with Crippen molar-refractivity contribution in [1.82, 2.24) is 0 Å². The molecule has 1 rings (SSSR count). The molecule has 0 heterocycles. The number of nitrogens with zero attached hydrogens (tertiary/aromatic N) is 1. The van der Waals surface area contributed by atoms with Gasteiger partial charge in [0.2, 0.25) is 0 Å². The van der Waals surface area contributed by atoms with Crippen LogP contribution in [0, 0.1) is 12.8 Å². The molecule has 0 saturated carbocycles. The normalized spacial score (nSPS) is 11.9. The summed E-state index contributed by atoms with van der Waals surface area (Å²) in [6.45, 7) is 3.58. The standard InChI is InChI=1S/C14H19NO4/c1-10-4-6-12(7-5-10)15(13(16)9-19-3)8-11(2)14(17)18/h4-7,11H,8-9H2,1-3H3,(H,17,18). The van der Waals surface area contributed by atoms with E-state index >= 15 is 0 Å². The number of hydrogen-bond donors (Lipinski definition) is 1. The lowest BCUT2D eigenvalue weighted by atomic mass is 10.1. The van der Waals surface area contributed by atoms with Gasteiger partial charge in [-0.05, 0) is 19.1 Å². The summed E-state index contributed by atoms with van der Waals surface area (Å²) >= 11 is 0. The molecule has 19 heavy (non-hydrogen) atoms. The first-order chi connectivity index (χ1) is 8.95. The Kier molecular flexibility index (Phi) is 5.51. The molecule has 0 aliphatic heterocycles. The Bertz CT molecular complexity index is 441. The molecule has 1 unspecified atom stereocenters. The van der Waals surface area contributed by atoms with E-state index in [1.54, 1.807) is 19.1 Å². The molecule has 1 aromatic carbocycles. The van der Waals surface area contributed by atoms with E-state index in [0.29, 0.717) is 5.69 Å². The van der Waals surface area contributed by atoms with Gasteiger partial charge in [0.1, 0.15) is 6.61 Å². The summed E-state index contributed by atoms with van der Waals surface area (Å²) in [6, 6.07) is 7.37. The van der Waals surface area contributed by atoms with Crippen LogP contribution in [0.1, 0.15) is 12.5 Å². The molecule has 0 aromatic heterocycles. The lowest BCUT2D eigenvalue weighted by Crippen LogP contribution is -2.39. The number of methoxy groups -OCH3 is 1. The third-order valence-electron chi connectivity index (χ3n) is 2.79. The molecular formula is C14H19NO4. The second-order valence-electron chi connectivity index (χ2n) is 4.51. The van der Waals surface area contributed by atoms with Crippen molar-refractivity contribution in [3.63, 3.8) is 0 Å². The SMILES string of the molecule is COCC(=O)N(CC(C)C(=O)O)c1ccc(C)cc1. The Morgan fingerprint density at radius 3 is 2.37 bits per heavy atom. The smallest absolute Gasteiger partial charge is 0.308 e. The highest BCUT2D eigenvalue weighted by Crippen LogP contribution is 2.17. The van der Waals surface area contributed by atoms with Gasteiger partial charge in [-0.3, -0.25) is 9.59 Å². The molecule has 0 bridgehead atoms. The van der Waals surface area contributed by atoms with E-state index in [-0.39, 0.29) is 19.1 Å². The van der Waals surface area contributed by atoms with Crippen LogP contribution >= 0.6 is 0 Å². The number of ether oxygens (including phenoxy) is 1. The molecule has 5 heteroatoms. The van der Waals surface area contributed by atoms with Crippen molar-refractivity contribution in [1.29, 1.82) is 0 Å². The van der Waals surface area contributed by atoms with E-state index in [2.05, 4.69) is 0 Å². The van der Waals surface area contributed by atoms with Crippen LogP contribution in [0.5, 0.6) is 0 Å². The molecule has 1 aromatic rings. The summed E-state index contributed by atoms with van der Waals surface area (Å²) < 4.78 is 4.83. The van der Waals surface area contributed by atoms with Crippen LogP contribution in [-0.4, -0.2) is 37.2 Å². The van der Waals surface area contributed by atoms with Gasteiger partial charge in [0.05, 0.1) is 5.92 Å². The van der Waals surface area contributed by atoms with Crippen molar-refractivity contribution in [2.75, 3.05) is 25.2 Å². The second-order valence-corrected chi connectivity index (χ2v) is 4.51. The molecule has 1 amide bonds. The molecule has 0 aliphatic rings. The first-order valence-electron chi connectivity index (χ1n) is 6.04. The van der Waals surface area contributed by atoms with Crippen molar-refractivity contribution in [3.8, 4) is 0 Å². The summed E-state index contributed by atoms with van der Waals surface area (Å²) in [7, 11) is 1.44. The first-order valence-corrected chi connectivity index (χ1v) is 6.04. The predicted molar refractivity (Wildman–Crippen MR) is 72.2 cm³/mol. The summed E-state index contributed by atoms with van der Waals surface area (Å²) in [5, 5.41) is 8.96. The molecular weight excluding hydrogens is 246 g/mol. The van der Waals surface area contributed by atoms with Crippen LogP contribution in [0.3, 0.4) is 0 Å². The molecule has 0 aliphatic carbocycles. The number of rotatable bonds is 6. The lowest BCUT2D eigenvalue weighted by Gasteiger charge is -2.24. The predicted octanol–water partition coefficient (Wildman–Crippen LogP) is 1.70. The summed E-state index contributed by atoms with van der Waals surface area (Å²) in [4.78, 5) is 24.4. The van der Waals surface area contributed by atoms with Crippen molar-refractivity contribution in [2.24, 2.45) is 5.92 Å². The van der Waals surface area contributed by atoms with Crippen molar-refractivity contribution in [2.45, 2.75) is 13.8 Å². The monoisotopic (exact) mass is 265 g/mol. The number of hydrogen-bond acceptors (Lipinski definition) is 3. The average Bonchev–Trinajstić information content (AvgIpc) is 2.37. The number of anilines is 1. The van der Waals surface area contributed by atoms with Crippen LogP contribution in [0.25, 0.3) is 0 Å². The number of aryl methyl sites for hydroxylation is 1. The van der Waals surface area contributed by atoms with Gasteiger partial charge < -0.3 is 14.7 Å². The maximum absolute atomic E-state index is 12.0. The zero-order valence-electron chi connectivity index (χ0n) is 11.4. The zero-order chi connectivity index (χ0) is 14.4. The fraction of sp³-hybridized carbons (Fsp3) is 0.429. The van der Waals surface area contributed by atoms with Gasteiger partial charge in [-0.15, -0.1) is 0 Å². The lowest BCUT2D eigenvalue weighted by molar-refractivity contribution is -0.140. The van der Waals surface area contributed by atoms with Gasteiger partial charge in [0.15, 0.2) is 0 Å². The Morgan fingerprint density at radius 2 is 1.89 bits per heavy atom. The van der Waals surface area contributed by atoms with Crippen LogP contribution in [-0.2, 0) is 14.3 Å². The number of carbonyl (C=O) groups is 2. The average molecular weight is 265 g/mol. The van der Waals surface area contributed by atoms with Crippen LogP contribution < -0.4 is 4.90 Å². The highest BCUT2D eigenvalue weighted by atomic mass is 16.5. The number of carboxylic acids is 1. The molecule has 0 fully saturated rings. The summed E-state index contributed by atoms with van der Waals surface area (Å²) in [6.07, 6.45) is 0. The second kappa shape index (κ2) is 6.89. The molecule has 0 spiro atoms. The topological polar surface area (TPSA) is 66.8 Å². The fourth-order valence-corrected chi connectivity index (χ4v) is 1.63. The molecule has 0 radical (unpaired) electrons. The Hall–Kier alpha value is -1.88. The van der Waals surface area contributed by atoms with Gasteiger partial charge in [-0.2, -0.15) is 0 Å². The van der Waals surface area contributed by atoms with Gasteiger partial charge in [0, 0.05) is 19.3 Å². The van der Waals surface area contributed by atoms with Crippen molar-refractivity contribution >= 4 is 17.6 Å². The number of benzene rings is 1. The Morgan fingerprint density at radius 1 is 1.32 bits per heavy atom. The molecule has 104 valence electrons. The number of aliphatic carboxylic acids is 1. The number of carboxylic acid groups (broad SMARTS) is 1. The number of carbonyl (C=O) groups excluding carboxylic acids is 1. The van der Waals surface area contributed by atoms with Gasteiger partial charge in [-0.1, -0.05) is 24.6 Å². The third kappa shape index (κ3) is 4.37. The largest absolute Gasteiger partial charge is 0.481 e. The zero-order valence-corrected chi connectivity index (χ0v) is 11.4. The Balaban J connectivity index is 2.94.